The van der Waals surface area contributed by atoms with E-state index in [-0.39, 0.29) is 5.97 Å². The van der Waals surface area contributed by atoms with Crippen molar-refractivity contribution in [3.63, 3.8) is 0 Å². The summed E-state index contributed by atoms with van der Waals surface area (Å²) in [4.78, 5) is 13.6. The fourth-order valence-electron chi connectivity index (χ4n) is 1.32. The van der Waals surface area contributed by atoms with Gasteiger partial charge in [-0.25, -0.2) is 4.79 Å². The summed E-state index contributed by atoms with van der Waals surface area (Å²) >= 11 is 0. The molecule has 0 radical (unpaired) electrons. The minimum atomic E-state index is -0.211. The third-order valence-corrected chi connectivity index (χ3v) is 2.36. The molecule has 0 aliphatic carbocycles. The molecule has 0 aromatic rings. The molecule has 0 saturated heterocycles. The molecule has 0 aliphatic rings. The van der Waals surface area contributed by atoms with E-state index >= 15 is 0 Å². The lowest BCUT2D eigenvalue weighted by molar-refractivity contribution is -0.138. The molecule has 0 atom stereocenters. The molecule has 0 fully saturated rings. The number of nitrogens with zero attached hydrogens (tertiary/aromatic N) is 1. The van der Waals surface area contributed by atoms with Crippen molar-refractivity contribution in [2.45, 2.75) is 34.6 Å². The summed E-state index contributed by atoms with van der Waals surface area (Å²) in [6.07, 6.45) is 0. The Hall–Kier alpha value is -0.990. The van der Waals surface area contributed by atoms with Crippen LogP contribution in [0.4, 0.5) is 0 Å². The van der Waals surface area contributed by atoms with Crippen LogP contribution < -0.4 is 0 Å². The van der Waals surface area contributed by atoms with Crippen molar-refractivity contribution >= 4 is 5.97 Å². The van der Waals surface area contributed by atoms with Gasteiger partial charge in [0.15, 0.2) is 0 Å². The summed E-state index contributed by atoms with van der Waals surface area (Å²) in [6, 6.07) is 0. The quantitative estimate of drug-likeness (QED) is 0.502. The molecule has 0 saturated carbocycles. The standard InChI is InChI=1S/C11H21NO2/c1-6-12(7-2)10(5)9(4)11(13)14-8-3/h6-8H2,1-5H3. The predicted octanol–water partition coefficient (Wildman–Crippen LogP) is 2.19. The van der Waals surface area contributed by atoms with Crippen molar-refractivity contribution in [1.29, 1.82) is 0 Å². The predicted molar refractivity (Wildman–Crippen MR) is 57.9 cm³/mol. The summed E-state index contributed by atoms with van der Waals surface area (Å²) in [6.45, 7) is 12.0. The molecule has 3 nitrogen and oxygen atoms in total. The Labute approximate surface area is 86.7 Å². The average molecular weight is 199 g/mol. The van der Waals surface area contributed by atoms with E-state index in [1.165, 1.54) is 0 Å². The first-order chi connectivity index (χ1) is 6.58. The van der Waals surface area contributed by atoms with Gasteiger partial charge in [-0.3, -0.25) is 0 Å². The largest absolute Gasteiger partial charge is 0.463 e. The summed E-state index contributed by atoms with van der Waals surface area (Å²) in [7, 11) is 0. The van der Waals surface area contributed by atoms with Crippen LogP contribution in [0.15, 0.2) is 11.3 Å². The maximum Gasteiger partial charge on any atom is 0.335 e. The first kappa shape index (κ1) is 13.0. The zero-order chi connectivity index (χ0) is 11.1. The summed E-state index contributed by atoms with van der Waals surface area (Å²) < 4.78 is 4.94. The van der Waals surface area contributed by atoms with Gasteiger partial charge in [0, 0.05) is 18.8 Å². The van der Waals surface area contributed by atoms with Gasteiger partial charge in [0.05, 0.1) is 12.2 Å². The van der Waals surface area contributed by atoms with Crippen LogP contribution in [-0.4, -0.2) is 30.6 Å². The highest BCUT2D eigenvalue weighted by atomic mass is 16.5. The molecule has 0 aromatic heterocycles. The Bertz CT molecular complexity index is 217. The molecule has 0 aromatic carbocycles. The number of ether oxygens (including phenoxy) is 1. The Morgan fingerprint density at radius 3 is 2.00 bits per heavy atom. The third-order valence-electron chi connectivity index (χ3n) is 2.36. The zero-order valence-electron chi connectivity index (χ0n) is 9.89. The molecular formula is C11H21NO2. The molecule has 0 spiro atoms. The summed E-state index contributed by atoms with van der Waals surface area (Å²) in [5.41, 5.74) is 1.71. The molecule has 82 valence electrons. The van der Waals surface area contributed by atoms with Gasteiger partial charge < -0.3 is 9.64 Å². The van der Waals surface area contributed by atoms with Crippen molar-refractivity contribution < 1.29 is 9.53 Å². The highest BCUT2D eigenvalue weighted by Gasteiger charge is 2.11. The van der Waals surface area contributed by atoms with Crippen molar-refractivity contribution in [3.8, 4) is 0 Å². The molecule has 0 aliphatic heterocycles. The van der Waals surface area contributed by atoms with Gasteiger partial charge in [0.25, 0.3) is 0 Å². The minimum absolute atomic E-state index is 0.211. The normalized spacial score (nSPS) is 12.1. The Kier molecular flexibility index (Phi) is 6.00. The number of rotatable bonds is 5. The first-order valence-corrected chi connectivity index (χ1v) is 5.17. The van der Waals surface area contributed by atoms with Crippen LogP contribution in [0.5, 0.6) is 0 Å². The number of carbonyl (C=O) groups excluding carboxylic acids is 1. The molecule has 0 heterocycles. The topological polar surface area (TPSA) is 29.5 Å². The maximum absolute atomic E-state index is 11.4. The van der Waals surface area contributed by atoms with Crippen molar-refractivity contribution in [1.82, 2.24) is 4.90 Å². The van der Waals surface area contributed by atoms with E-state index in [2.05, 4.69) is 18.7 Å². The SMILES string of the molecule is CCOC(=O)C(C)=C(C)N(CC)CC. The number of hydrogen-bond donors (Lipinski definition) is 0. The lowest BCUT2D eigenvalue weighted by atomic mass is 10.2. The molecule has 0 rings (SSSR count). The van der Waals surface area contributed by atoms with E-state index in [4.69, 9.17) is 4.74 Å². The van der Waals surface area contributed by atoms with E-state index < -0.39 is 0 Å². The number of esters is 1. The van der Waals surface area contributed by atoms with Crippen LogP contribution in [0.2, 0.25) is 0 Å². The summed E-state index contributed by atoms with van der Waals surface area (Å²) in [5.74, 6) is -0.211. The smallest absolute Gasteiger partial charge is 0.335 e. The van der Waals surface area contributed by atoms with Crippen LogP contribution in [0.25, 0.3) is 0 Å². The third kappa shape index (κ3) is 3.40. The monoisotopic (exact) mass is 199 g/mol. The molecule has 0 amide bonds. The number of hydrogen-bond acceptors (Lipinski definition) is 3. The summed E-state index contributed by atoms with van der Waals surface area (Å²) in [5, 5.41) is 0. The first-order valence-electron chi connectivity index (χ1n) is 5.17. The van der Waals surface area contributed by atoms with Crippen LogP contribution in [0.1, 0.15) is 34.6 Å². The van der Waals surface area contributed by atoms with Crippen LogP contribution in [-0.2, 0) is 9.53 Å². The van der Waals surface area contributed by atoms with Gasteiger partial charge in [-0.1, -0.05) is 0 Å². The molecule has 3 heteroatoms. The highest BCUT2D eigenvalue weighted by molar-refractivity contribution is 5.88. The highest BCUT2D eigenvalue weighted by Crippen LogP contribution is 2.10. The van der Waals surface area contributed by atoms with Crippen molar-refractivity contribution in [3.05, 3.63) is 11.3 Å². The van der Waals surface area contributed by atoms with Gasteiger partial charge in [0.1, 0.15) is 0 Å². The van der Waals surface area contributed by atoms with Gasteiger partial charge in [-0.15, -0.1) is 0 Å². The molecule has 0 N–H and O–H groups in total. The van der Waals surface area contributed by atoms with E-state index in [9.17, 15) is 4.79 Å². The van der Waals surface area contributed by atoms with E-state index in [0.29, 0.717) is 12.2 Å². The Balaban J connectivity index is 4.63. The Morgan fingerprint density at radius 1 is 1.14 bits per heavy atom. The molecule has 0 bridgehead atoms. The van der Waals surface area contributed by atoms with E-state index in [1.54, 1.807) is 0 Å². The Morgan fingerprint density at radius 2 is 1.64 bits per heavy atom. The minimum Gasteiger partial charge on any atom is -0.463 e. The van der Waals surface area contributed by atoms with Gasteiger partial charge in [-0.2, -0.15) is 0 Å². The van der Waals surface area contributed by atoms with Crippen molar-refractivity contribution in [2.75, 3.05) is 19.7 Å². The average Bonchev–Trinajstić information content (AvgIpc) is 2.18. The van der Waals surface area contributed by atoms with Crippen LogP contribution >= 0.6 is 0 Å². The second-order valence-electron chi connectivity index (χ2n) is 3.10. The second-order valence-corrected chi connectivity index (χ2v) is 3.10. The van der Waals surface area contributed by atoms with Crippen LogP contribution in [0, 0.1) is 0 Å². The molecular weight excluding hydrogens is 178 g/mol. The number of carbonyl (C=O) groups is 1. The van der Waals surface area contributed by atoms with Crippen molar-refractivity contribution in [2.24, 2.45) is 0 Å². The molecule has 14 heavy (non-hydrogen) atoms. The van der Waals surface area contributed by atoms with E-state index in [0.717, 1.165) is 18.8 Å². The lowest BCUT2D eigenvalue weighted by Crippen LogP contribution is -2.23. The second kappa shape index (κ2) is 6.46. The van der Waals surface area contributed by atoms with Gasteiger partial charge in [0.2, 0.25) is 0 Å². The van der Waals surface area contributed by atoms with Crippen LogP contribution in [0.3, 0.4) is 0 Å². The lowest BCUT2D eigenvalue weighted by Gasteiger charge is -2.23. The van der Waals surface area contributed by atoms with E-state index in [1.807, 2.05) is 20.8 Å². The number of allylic oxidation sites excluding steroid dienone is 1. The fraction of sp³-hybridized carbons (Fsp3) is 0.727. The maximum atomic E-state index is 11.4. The van der Waals surface area contributed by atoms with Gasteiger partial charge in [-0.05, 0) is 34.6 Å². The van der Waals surface area contributed by atoms with Gasteiger partial charge >= 0.3 is 5.97 Å². The fourth-order valence-corrected chi connectivity index (χ4v) is 1.32. The zero-order valence-corrected chi connectivity index (χ0v) is 9.89. The molecule has 0 unspecified atom stereocenters.